The Hall–Kier alpha value is -7.57. The number of para-hydroxylation sites is 1. The zero-order chi connectivity index (χ0) is 37.6. The topological polar surface area (TPSA) is 73.6 Å². The highest BCUT2D eigenvalue weighted by molar-refractivity contribution is 7.21. The first-order chi connectivity index (χ1) is 27.6. The first kappa shape index (κ1) is 33.0. The van der Waals surface area contributed by atoms with Gasteiger partial charge in [-0.15, -0.1) is 11.3 Å². The lowest BCUT2D eigenvalue weighted by atomic mass is 9.93. The summed E-state index contributed by atoms with van der Waals surface area (Å²) in [6, 6.07) is 65.1. The van der Waals surface area contributed by atoms with Crippen LogP contribution in [0.1, 0.15) is 11.1 Å². The van der Waals surface area contributed by atoms with Crippen molar-refractivity contribution in [2.45, 2.75) is 0 Å². The molecule has 2 heterocycles. The van der Waals surface area contributed by atoms with Gasteiger partial charge in [0.25, 0.3) is 0 Å². The fourth-order valence-corrected chi connectivity index (χ4v) is 8.36. The number of nitrogens with zero attached hydrogens (tertiary/aromatic N) is 3. The van der Waals surface area contributed by atoms with Gasteiger partial charge in [0.15, 0.2) is 0 Å². The van der Waals surface area contributed by atoms with Gasteiger partial charge in [-0.25, -0.2) is 4.98 Å². The Bertz CT molecular complexity index is 3140. The summed E-state index contributed by atoms with van der Waals surface area (Å²) in [6.45, 7) is 0. The van der Waals surface area contributed by atoms with Crippen LogP contribution in [0.2, 0.25) is 0 Å². The molecular weight excluding hydrogens is 703 g/mol. The highest BCUT2D eigenvalue weighted by Gasteiger charge is 2.14. The van der Waals surface area contributed by atoms with Crippen LogP contribution in [0.5, 0.6) is 0 Å². The fourth-order valence-electron chi connectivity index (χ4n) is 7.41. The van der Waals surface area contributed by atoms with Crippen LogP contribution in [0.15, 0.2) is 180 Å². The SMILES string of the molecule is N#Cc1ccc(-c2ccc(-c3ccc(-c4cc(-c5ccc(-c6ccc7c(c6)oc6cc(C#N)ccc67)cc5)cc(-c5nc6ccccc6s5)c4)cc3)cc2)cc1. The summed E-state index contributed by atoms with van der Waals surface area (Å²) in [5, 5.41) is 21.5. The zero-order valence-electron chi connectivity index (χ0n) is 29.9. The predicted molar refractivity (Wildman–Crippen MR) is 229 cm³/mol. The molecule has 0 unspecified atom stereocenters. The van der Waals surface area contributed by atoms with Crippen molar-refractivity contribution in [3.05, 3.63) is 187 Å². The van der Waals surface area contributed by atoms with Crippen LogP contribution in [0.25, 0.3) is 98.4 Å². The minimum Gasteiger partial charge on any atom is -0.456 e. The van der Waals surface area contributed by atoms with E-state index in [1.165, 1.54) is 4.70 Å². The Balaban J connectivity index is 0.982. The van der Waals surface area contributed by atoms with Crippen LogP contribution in [-0.2, 0) is 0 Å². The summed E-state index contributed by atoms with van der Waals surface area (Å²) < 4.78 is 7.35. The summed E-state index contributed by atoms with van der Waals surface area (Å²) in [4.78, 5) is 5.03. The molecule has 0 aliphatic heterocycles. The molecule has 260 valence electrons. The van der Waals surface area contributed by atoms with Gasteiger partial charge in [0.05, 0.1) is 33.5 Å². The van der Waals surface area contributed by atoms with Crippen molar-refractivity contribution in [1.82, 2.24) is 4.98 Å². The third-order valence-electron chi connectivity index (χ3n) is 10.4. The molecule has 10 rings (SSSR count). The van der Waals surface area contributed by atoms with Crippen molar-refractivity contribution in [1.29, 1.82) is 10.5 Å². The number of fused-ring (bicyclic) bond motifs is 4. The summed E-state index contributed by atoms with van der Waals surface area (Å²) in [5.41, 5.74) is 16.0. The van der Waals surface area contributed by atoms with Crippen LogP contribution in [-0.4, -0.2) is 4.98 Å². The van der Waals surface area contributed by atoms with Gasteiger partial charge in [0.1, 0.15) is 16.2 Å². The number of nitriles is 2. The van der Waals surface area contributed by atoms with Crippen LogP contribution in [0, 0.1) is 22.7 Å². The minimum absolute atomic E-state index is 0.586. The third kappa shape index (κ3) is 6.09. The molecule has 0 N–H and O–H groups in total. The van der Waals surface area contributed by atoms with Crippen LogP contribution < -0.4 is 0 Å². The van der Waals surface area contributed by atoms with E-state index in [1.807, 2.05) is 42.5 Å². The lowest BCUT2D eigenvalue weighted by Crippen LogP contribution is -1.87. The molecule has 2 aromatic heterocycles. The fraction of sp³-hybridized carbons (Fsp3) is 0. The Labute approximate surface area is 327 Å². The molecule has 0 aliphatic carbocycles. The van der Waals surface area contributed by atoms with E-state index in [9.17, 15) is 5.26 Å². The van der Waals surface area contributed by atoms with Gasteiger partial charge in [-0.3, -0.25) is 0 Å². The monoisotopic (exact) mass is 731 g/mol. The van der Waals surface area contributed by atoms with Crippen molar-refractivity contribution < 1.29 is 4.42 Å². The lowest BCUT2D eigenvalue weighted by molar-refractivity contribution is 0.669. The highest BCUT2D eigenvalue weighted by Crippen LogP contribution is 2.38. The van der Waals surface area contributed by atoms with Crippen molar-refractivity contribution in [2.75, 3.05) is 0 Å². The maximum absolute atomic E-state index is 9.34. The first-order valence-corrected chi connectivity index (χ1v) is 19.1. The van der Waals surface area contributed by atoms with Gasteiger partial charge in [-0.2, -0.15) is 10.5 Å². The maximum atomic E-state index is 9.34. The molecule has 4 nitrogen and oxygen atoms in total. The molecule has 0 bridgehead atoms. The Kier molecular flexibility index (Phi) is 8.07. The summed E-state index contributed by atoms with van der Waals surface area (Å²) in [7, 11) is 0. The van der Waals surface area contributed by atoms with E-state index in [2.05, 4.69) is 140 Å². The molecule has 0 amide bonds. The number of hydrogen-bond donors (Lipinski definition) is 0. The van der Waals surface area contributed by atoms with Gasteiger partial charge < -0.3 is 4.42 Å². The average molecular weight is 732 g/mol. The Morgan fingerprint density at radius 2 is 0.821 bits per heavy atom. The number of thiazole rings is 1. The third-order valence-corrected chi connectivity index (χ3v) is 11.5. The average Bonchev–Trinajstić information content (AvgIpc) is 3.88. The standard InChI is InChI=1S/C51H29N3OS/c52-30-32-5-8-34(9-6-32)35-10-12-36(13-11-35)37-14-18-39(19-15-37)42-26-43(28-44(27-42)51-54-47-3-1-2-4-50(47)56-51)40-20-16-38(17-21-40)41-22-24-46-45-23-7-33(31-53)25-48(45)55-49(46)29-41/h1-29H. The quantitative estimate of drug-likeness (QED) is 0.171. The van der Waals surface area contributed by atoms with Crippen molar-refractivity contribution >= 4 is 43.5 Å². The number of furan rings is 1. The molecule has 8 aromatic carbocycles. The van der Waals surface area contributed by atoms with Crippen LogP contribution in [0.3, 0.4) is 0 Å². The largest absolute Gasteiger partial charge is 0.456 e. The highest BCUT2D eigenvalue weighted by atomic mass is 32.1. The number of hydrogen-bond acceptors (Lipinski definition) is 5. The van der Waals surface area contributed by atoms with Crippen molar-refractivity contribution in [3.8, 4) is 78.3 Å². The molecule has 0 saturated carbocycles. The lowest BCUT2D eigenvalue weighted by Gasteiger charge is -2.12. The minimum atomic E-state index is 0.586. The second-order valence-corrected chi connectivity index (χ2v) is 14.9. The normalized spacial score (nSPS) is 11.2. The number of benzene rings is 8. The molecule has 0 saturated heterocycles. The van der Waals surface area contributed by atoms with E-state index in [4.69, 9.17) is 14.7 Å². The van der Waals surface area contributed by atoms with E-state index in [-0.39, 0.29) is 0 Å². The van der Waals surface area contributed by atoms with Gasteiger partial charge in [0.2, 0.25) is 0 Å². The van der Waals surface area contributed by atoms with E-state index < -0.39 is 0 Å². The summed E-state index contributed by atoms with van der Waals surface area (Å²) >= 11 is 1.71. The van der Waals surface area contributed by atoms with E-state index in [0.29, 0.717) is 11.1 Å². The van der Waals surface area contributed by atoms with Crippen molar-refractivity contribution in [2.24, 2.45) is 0 Å². The maximum Gasteiger partial charge on any atom is 0.136 e. The molecule has 0 aliphatic rings. The van der Waals surface area contributed by atoms with Crippen molar-refractivity contribution in [3.63, 3.8) is 0 Å². The van der Waals surface area contributed by atoms with Gasteiger partial charge in [-0.05, 0) is 128 Å². The predicted octanol–water partition coefficient (Wildman–Crippen LogP) is 13.9. The van der Waals surface area contributed by atoms with E-state index in [1.54, 1.807) is 17.4 Å². The molecule has 0 fully saturated rings. The molecule has 56 heavy (non-hydrogen) atoms. The first-order valence-electron chi connectivity index (χ1n) is 18.3. The van der Waals surface area contributed by atoms with Gasteiger partial charge in [0, 0.05) is 16.3 Å². The van der Waals surface area contributed by atoms with E-state index >= 15 is 0 Å². The zero-order valence-corrected chi connectivity index (χ0v) is 30.7. The Morgan fingerprint density at radius 3 is 1.38 bits per heavy atom. The van der Waals surface area contributed by atoms with Gasteiger partial charge in [-0.1, -0.05) is 103 Å². The van der Waals surface area contributed by atoms with Crippen LogP contribution in [0.4, 0.5) is 0 Å². The number of aromatic nitrogens is 1. The van der Waals surface area contributed by atoms with Gasteiger partial charge >= 0.3 is 0 Å². The number of rotatable bonds is 6. The summed E-state index contributed by atoms with van der Waals surface area (Å²) in [6.07, 6.45) is 0. The molecule has 0 atom stereocenters. The second kappa shape index (κ2) is 13.7. The van der Waals surface area contributed by atoms with E-state index in [0.717, 1.165) is 93.7 Å². The molecule has 0 radical (unpaired) electrons. The molecule has 10 aromatic rings. The smallest absolute Gasteiger partial charge is 0.136 e. The van der Waals surface area contributed by atoms with Crippen LogP contribution >= 0.6 is 11.3 Å². The Morgan fingerprint density at radius 1 is 0.393 bits per heavy atom. The summed E-state index contributed by atoms with van der Waals surface area (Å²) in [5.74, 6) is 0. The molecule has 5 heteroatoms. The molecular formula is C51H29N3OS. The second-order valence-electron chi connectivity index (χ2n) is 13.8. The molecule has 0 spiro atoms.